The number of sulfone groups is 1. The number of pyridine rings is 1. The number of nitrogens with zero attached hydrogens (tertiary/aromatic N) is 1. The van der Waals surface area contributed by atoms with E-state index in [1.807, 2.05) is 0 Å². The standard InChI is InChI=1S/C21H25FN4O5S2/c1-4-10-32(28,29)18(5-2)33(30,31)26-17-7-6-16(22)19(13(17)3)21(27)25-15-11-14-8-9-23-20(14)24-12-15/h6-9,11-12,18,26H,4-5,10H2,1-3H3,(H,23,24)(H,25,27). The molecule has 1 aromatic carbocycles. The summed E-state index contributed by atoms with van der Waals surface area (Å²) in [5.74, 6) is -1.93. The van der Waals surface area contributed by atoms with Crippen LogP contribution in [0.25, 0.3) is 11.0 Å². The van der Waals surface area contributed by atoms with Crippen molar-refractivity contribution in [2.75, 3.05) is 15.8 Å². The summed E-state index contributed by atoms with van der Waals surface area (Å²) in [5.41, 5.74) is 0.526. The number of fused-ring (bicyclic) bond motifs is 1. The van der Waals surface area contributed by atoms with Crippen molar-refractivity contribution < 1.29 is 26.0 Å². The Morgan fingerprint density at radius 3 is 2.58 bits per heavy atom. The molecule has 1 amide bonds. The zero-order valence-electron chi connectivity index (χ0n) is 18.3. The average Bonchev–Trinajstić information content (AvgIpc) is 3.18. The van der Waals surface area contributed by atoms with Crippen LogP contribution in [0.15, 0.2) is 36.7 Å². The van der Waals surface area contributed by atoms with Gasteiger partial charge in [-0.15, -0.1) is 0 Å². The molecule has 1 atom stereocenters. The second-order valence-corrected chi connectivity index (χ2v) is 12.0. The number of halogens is 1. The number of carbonyl (C=O) groups is 1. The first-order valence-electron chi connectivity index (χ1n) is 10.3. The number of carbonyl (C=O) groups excluding carboxylic acids is 1. The van der Waals surface area contributed by atoms with Crippen molar-refractivity contribution in [2.45, 2.75) is 38.2 Å². The van der Waals surface area contributed by atoms with E-state index in [0.29, 0.717) is 11.3 Å². The van der Waals surface area contributed by atoms with Crippen molar-refractivity contribution in [1.82, 2.24) is 9.97 Å². The van der Waals surface area contributed by atoms with Gasteiger partial charge in [0.15, 0.2) is 14.4 Å². The summed E-state index contributed by atoms with van der Waals surface area (Å²) < 4.78 is 65.8. The number of aromatic amines is 1. The van der Waals surface area contributed by atoms with Gasteiger partial charge >= 0.3 is 0 Å². The molecule has 0 bridgehead atoms. The molecule has 178 valence electrons. The molecule has 3 aromatic rings. The summed E-state index contributed by atoms with van der Waals surface area (Å²) in [5, 5.41) is 3.30. The minimum atomic E-state index is -4.37. The van der Waals surface area contributed by atoms with Crippen molar-refractivity contribution in [3.8, 4) is 0 Å². The number of benzene rings is 1. The van der Waals surface area contributed by atoms with Gasteiger partial charge in [-0.05, 0) is 49.6 Å². The minimum absolute atomic E-state index is 0.0227. The molecule has 0 radical (unpaired) electrons. The van der Waals surface area contributed by atoms with Gasteiger partial charge in [0, 0.05) is 11.6 Å². The molecule has 3 rings (SSSR count). The first kappa shape index (κ1) is 24.6. The van der Waals surface area contributed by atoms with E-state index in [9.17, 15) is 26.0 Å². The molecule has 0 aliphatic heterocycles. The normalized spacial score (nSPS) is 13.1. The SMILES string of the molecule is CCCS(=O)(=O)C(CC)S(=O)(=O)Nc1ccc(F)c(C(=O)Nc2cnc3[nH]ccc3c2)c1C. The fraction of sp³-hybridized carbons (Fsp3) is 0.333. The molecule has 12 heteroatoms. The van der Waals surface area contributed by atoms with Gasteiger partial charge in [0.1, 0.15) is 11.5 Å². The zero-order chi connectivity index (χ0) is 24.4. The fourth-order valence-corrected chi connectivity index (χ4v) is 7.99. The molecular formula is C21H25FN4O5S2. The van der Waals surface area contributed by atoms with Gasteiger partial charge in [-0.3, -0.25) is 9.52 Å². The largest absolute Gasteiger partial charge is 0.346 e. The van der Waals surface area contributed by atoms with Crippen LogP contribution in [-0.4, -0.2) is 43.0 Å². The summed E-state index contributed by atoms with van der Waals surface area (Å²) in [6.07, 6.45) is 3.21. The van der Waals surface area contributed by atoms with Crippen LogP contribution in [0.4, 0.5) is 15.8 Å². The number of aromatic nitrogens is 2. The van der Waals surface area contributed by atoms with E-state index in [2.05, 4.69) is 20.0 Å². The number of anilines is 2. The van der Waals surface area contributed by atoms with Crippen molar-refractivity contribution in [1.29, 1.82) is 0 Å². The van der Waals surface area contributed by atoms with Gasteiger partial charge in [-0.1, -0.05) is 13.8 Å². The topological polar surface area (TPSA) is 138 Å². The van der Waals surface area contributed by atoms with E-state index in [-0.39, 0.29) is 35.4 Å². The maximum absolute atomic E-state index is 14.6. The Hall–Kier alpha value is -2.99. The predicted molar refractivity (Wildman–Crippen MR) is 126 cm³/mol. The Kier molecular flexibility index (Phi) is 7.08. The van der Waals surface area contributed by atoms with E-state index < -0.39 is 36.2 Å². The van der Waals surface area contributed by atoms with Gasteiger partial charge in [0.2, 0.25) is 10.0 Å². The van der Waals surface area contributed by atoms with Gasteiger partial charge in [0.05, 0.1) is 28.9 Å². The molecule has 0 fully saturated rings. The molecule has 2 aromatic heterocycles. The monoisotopic (exact) mass is 496 g/mol. The van der Waals surface area contributed by atoms with Crippen LogP contribution in [0, 0.1) is 12.7 Å². The minimum Gasteiger partial charge on any atom is -0.346 e. The van der Waals surface area contributed by atoms with Crippen LogP contribution in [-0.2, 0) is 19.9 Å². The van der Waals surface area contributed by atoms with Crippen molar-refractivity contribution in [3.05, 3.63) is 53.6 Å². The number of H-pyrrole nitrogens is 1. The highest BCUT2D eigenvalue weighted by Crippen LogP contribution is 2.27. The lowest BCUT2D eigenvalue weighted by Crippen LogP contribution is -2.36. The molecule has 0 saturated heterocycles. The Balaban J connectivity index is 1.92. The third-order valence-electron chi connectivity index (χ3n) is 5.12. The summed E-state index contributed by atoms with van der Waals surface area (Å²) in [6.45, 7) is 4.48. The highest BCUT2D eigenvalue weighted by atomic mass is 32.3. The summed E-state index contributed by atoms with van der Waals surface area (Å²) in [6, 6.07) is 5.53. The second-order valence-electron chi connectivity index (χ2n) is 7.54. The summed E-state index contributed by atoms with van der Waals surface area (Å²) >= 11 is 0. The van der Waals surface area contributed by atoms with Gasteiger partial charge in [-0.25, -0.2) is 26.2 Å². The average molecular weight is 497 g/mol. The third-order valence-corrected chi connectivity index (χ3v) is 10.4. The number of amides is 1. The van der Waals surface area contributed by atoms with Gasteiger partial charge in [-0.2, -0.15) is 0 Å². The molecule has 2 heterocycles. The molecule has 3 N–H and O–H groups in total. The summed E-state index contributed by atoms with van der Waals surface area (Å²) in [7, 11) is -8.28. The lowest BCUT2D eigenvalue weighted by Gasteiger charge is -2.19. The van der Waals surface area contributed by atoms with Gasteiger partial charge in [0.25, 0.3) is 5.91 Å². The lowest BCUT2D eigenvalue weighted by atomic mass is 10.1. The van der Waals surface area contributed by atoms with E-state index >= 15 is 0 Å². The highest BCUT2D eigenvalue weighted by Gasteiger charge is 2.36. The maximum atomic E-state index is 14.6. The number of hydrogen-bond acceptors (Lipinski definition) is 6. The Labute approximate surface area is 191 Å². The molecule has 0 aliphatic carbocycles. The van der Waals surface area contributed by atoms with Crippen LogP contribution in [0.3, 0.4) is 0 Å². The van der Waals surface area contributed by atoms with E-state index in [0.717, 1.165) is 17.5 Å². The number of nitrogens with one attached hydrogen (secondary N) is 3. The predicted octanol–water partition coefficient (Wildman–Crippen LogP) is 3.57. The molecule has 0 aliphatic rings. The van der Waals surface area contributed by atoms with Crippen LogP contribution in [0.5, 0.6) is 0 Å². The maximum Gasteiger partial charge on any atom is 0.259 e. The fourth-order valence-electron chi connectivity index (χ4n) is 3.57. The van der Waals surface area contributed by atoms with Crippen LogP contribution >= 0.6 is 0 Å². The Morgan fingerprint density at radius 1 is 1.18 bits per heavy atom. The lowest BCUT2D eigenvalue weighted by molar-refractivity contribution is 0.102. The van der Waals surface area contributed by atoms with Gasteiger partial charge < -0.3 is 10.3 Å². The molecule has 1 unspecified atom stereocenters. The number of sulfonamides is 1. The smallest absolute Gasteiger partial charge is 0.259 e. The van der Waals surface area contributed by atoms with E-state index in [1.54, 1.807) is 25.3 Å². The molecule has 0 saturated carbocycles. The first-order valence-corrected chi connectivity index (χ1v) is 13.5. The van der Waals surface area contributed by atoms with Crippen molar-refractivity contribution in [2.24, 2.45) is 0 Å². The van der Waals surface area contributed by atoms with E-state index in [1.165, 1.54) is 20.0 Å². The number of rotatable bonds is 9. The van der Waals surface area contributed by atoms with Crippen LogP contribution in [0.2, 0.25) is 0 Å². The molecule has 9 nitrogen and oxygen atoms in total. The summed E-state index contributed by atoms with van der Waals surface area (Å²) in [4.78, 5) is 19.9. The first-order chi connectivity index (χ1) is 15.5. The Bertz CT molecular complexity index is 1400. The molecular weight excluding hydrogens is 471 g/mol. The Morgan fingerprint density at radius 2 is 1.91 bits per heavy atom. The third kappa shape index (κ3) is 5.17. The van der Waals surface area contributed by atoms with Crippen LogP contribution in [0.1, 0.15) is 42.6 Å². The highest BCUT2D eigenvalue weighted by molar-refractivity contribution is 8.09. The van der Waals surface area contributed by atoms with E-state index in [4.69, 9.17) is 0 Å². The van der Waals surface area contributed by atoms with Crippen molar-refractivity contribution in [3.63, 3.8) is 0 Å². The zero-order valence-corrected chi connectivity index (χ0v) is 20.0. The molecule has 33 heavy (non-hydrogen) atoms. The van der Waals surface area contributed by atoms with Crippen LogP contribution < -0.4 is 10.0 Å². The van der Waals surface area contributed by atoms with Crippen molar-refractivity contribution >= 4 is 48.2 Å². The molecule has 0 spiro atoms. The second kappa shape index (κ2) is 9.48. The number of hydrogen-bond donors (Lipinski definition) is 3. The quantitative estimate of drug-likeness (QED) is 0.414.